The summed E-state index contributed by atoms with van der Waals surface area (Å²) in [5, 5.41) is 9.53. The second-order valence-electron chi connectivity index (χ2n) is 11.1. The summed E-state index contributed by atoms with van der Waals surface area (Å²) in [7, 11) is -3.23. The highest BCUT2D eigenvalue weighted by Crippen LogP contribution is 2.52. The van der Waals surface area contributed by atoms with Crippen LogP contribution in [0.3, 0.4) is 0 Å². The number of hydrogen-bond donors (Lipinski definition) is 0. The number of aromatic nitrogens is 4. The van der Waals surface area contributed by atoms with E-state index in [1.54, 1.807) is 12.3 Å². The van der Waals surface area contributed by atoms with Crippen LogP contribution in [0.4, 0.5) is 0 Å². The molecule has 7 heteroatoms. The lowest BCUT2D eigenvalue weighted by atomic mass is 10.1. The van der Waals surface area contributed by atoms with Crippen LogP contribution in [-0.4, -0.2) is 19.3 Å². The molecule has 1 atom stereocenters. The Labute approximate surface area is 259 Å². The molecule has 0 bridgehead atoms. The molecular weight excluding hydrogens is 575 g/mol. The molecule has 0 amide bonds. The topological polar surface area (TPSA) is 61.9 Å². The maximum atomic E-state index is 15.4. The highest BCUT2D eigenvalue weighted by molar-refractivity contribution is 7.86. The van der Waals surface area contributed by atoms with E-state index in [-0.39, 0.29) is 0 Å². The molecule has 6 nitrogen and oxygen atoms in total. The highest BCUT2D eigenvalue weighted by Gasteiger charge is 2.40. The van der Waals surface area contributed by atoms with E-state index in [0.717, 1.165) is 44.1 Å². The zero-order valence-corrected chi connectivity index (χ0v) is 24.9. The van der Waals surface area contributed by atoms with Crippen molar-refractivity contribution in [2.24, 2.45) is 0 Å². The minimum absolute atomic E-state index is 0.486. The van der Waals surface area contributed by atoms with Crippen molar-refractivity contribution in [3.05, 3.63) is 152 Å². The van der Waals surface area contributed by atoms with E-state index in [1.807, 2.05) is 77.7 Å². The Balaban J connectivity index is 1.17. The van der Waals surface area contributed by atoms with Crippen LogP contribution < -0.4 is 20.7 Å². The summed E-state index contributed by atoms with van der Waals surface area (Å²) in [5.74, 6) is 1.08. The van der Waals surface area contributed by atoms with Gasteiger partial charge in [-0.3, -0.25) is 0 Å². The summed E-state index contributed by atoms with van der Waals surface area (Å²) in [6, 6.07) is 44.1. The first-order chi connectivity index (χ1) is 22.2. The number of benzene rings is 5. The summed E-state index contributed by atoms with van der Waals surface area (Å²) in [4.78, 5) is 4.29. The third-order valence-electron chi connectivity index (χ3n) is 8.57. The van der Waals surface area contributed by atoms with Gasteiger partial charge in [-0.05, 0) is 53.6 Å². The lowest BCUT2D eigenvalue weighted by molar-refractivity contribution is 0.463. The van der Waals surface area contributed by atoms with E-state index < -0.39 is 7.14 Å². The van der Waals surface area contributed by atoms with Crippen molar-refractivity contribution < 1.29 is 9.30 Å². The lowest BCUT2D eigenvalue weighted by Gasteiger charge is -2.17. The molecule has 1 aliphatic rings. The number of pyridine rings is 1. The molecule has 0 radical (unpaired) electrons. The van der Waals surface area contributed by atoms with Gasteiger partial charge in [-0.25, -0.2) is 9.67 Å². The normalized spacial score (nSPS) is 15.3. The van der Waals surface area contributed by atoms with Crippen molar-refractivity contribution in [1.82, 2.24) is 19.3 Å². The van der Waals surface area contributed by atoms with Crippen molar-refractivity contribution in [2.45, 2.75) is 0 Å². The molecule has 9 rings (SSSR count). The maximum absolute atomic E-state index is 15.4. The standard InChI is InChI=1S/C38H25N4O2P/c43-45(29-11-9-10-28(23-29)44-38-18-7-8-21-39-38)36-17-6-3-14-32(36)33-20-19-26(22-37(33)45)41-25-27(24-40-41)42-34-15-4-1-12-30(34)31-13-2-5-16-35(31)42/h1-25H. The van der Waals surface area contributed by atoms with Gasteiger partial charge in [0.2, 0.25) is 5.88 Å². The Morgan fingerprint density at radius 1 is 0.622 bits per heavy atom. The van der Waals surface area contributed by atoms with Crippen molar-refractivity contribution in [2.75, 3.05) is 0 Å². The second kappa shape index (κ2) is 9.91. The molecule has 1 aliphatic heterocycles. The molecule has 0 fully saturated rings. The number of rotatable bonds is 5. The zero-order chi connectivity index (χ0) is 30.0. The Morgan fingerprint density at radius 3 is 2.16 bits per heavy atom. The van der Waals surface area contributed by atoms with Crippen LogP contribution >= 0.6 is 7.14 Å². The fourth-order valence-corrected chi connectivity index (χ4v) is 9.68. The number of fused-ring (bicyclic) bond motifs is 6. The van der Waals surface area contributed by atoms with Crippen molar-refractivity contribution in [1.29, 1.82) is 0 Å². The van der Waals surface area contributed by atoms with E-state index in [0.29, 0.717) is 16.9 Å². The van der Waals surface area contributed by atoms with Crippen molar-refractivity contribution in [3.8, 4) is 34.1 Å². The monoisotopic (exact) mass is 600 g/mol. The van der Waals surface area contributed by atoms with E-state index in [2.05, 4.69) is 76.3 Å². The van der Waals surface area contributed by atoms with Gasteiger partial charge in [0, 0.05) is 38.9 Å². The molecular formula is C38H25N4O2P. The van der Waals surface area contributed by atoms with Crippen LogP contribution in [0.15, 0.2) is 152 Å². The first-order valence-corrected chi connectivity index (χ1v) is 16.5. The minimum atomic E-state index is -3.23. The van der Waals surface area contributed by atoms with E-state index in [1.165, 1.54) is 10.8 Å². The minimum Gasteiger partial charge on any atom is -0.439 e. The SMILES string of the molecule is O=P1(c2cccc(Oc3ccccn3)c2)c2ccccc2-c2ccc(-n3cc(-n4c5ccccc5c5ccccc54)cn3)cc21. The Bertz CT molecular complexity index is 2410. The molecule has 214 valence electrons. The van der Waals surface area contributed by atoms with Crippen LogP contribution in [0, 0.1) is 0 Å². The lowest BCUT2D eigenvalue weighted by Crippen LogP contribution is -2.21. The zero-order valence-electron chi connectivity index (χ0n) is 24.0. The van der Waals surface area contributed by atoms with Crippen molar-refractivity contribution in [3.63, 3.8) is 0 Å². The van der Waals surface area contributed by atoms with Gasteiger partial charge < -0.3 is 13.9 Å². The number of para-hydroxylation sites is 2. The number of nitrogens with zero attached hydrogens (tertiary/aromatic N) is 4. The van der Waals surface area contributed by atoms with Gasteiger partial charge in [0.25, 0.3) is 0 Å². The van der Waals surface area contributed by atoms with Gasteiger partial charge in [-0.15, -0.1) is 0 Å². The molecule has 0 spiro atoms. The molecule has 0 saturated carbocycles. The van der Waals surface area contributed by atoms with E-state index >= 15 is 4.57 Å². The Kier molecular flexibility index (Phi) is 5.67. The van der Waals surface area contributed by atoms with Crippen LogP contribution in [0.2, 0.25) is 0 Å². The van der Waals surface area contributed by atoms with Gasteiger partial charge in [0.05, 0.1) is 34.8 Å². The predicted molar refractivity (Wildman–Crippen MR) is 181 cm³/mol. The summed E-state index contributed by atoms with van der Waals surface area (Å²) in [6.07, 6.45) is 5.61. The van der Waals surface area contributed by atoms with E-state index in [4.69, 9.17) is 9.84 Å². The molecule has 1 unspecified atom stereocenters. The van der Waals surface area contributed by atoms with Crippen LogP contribution in [0.25, 0.3) is 44.3 Å². The smallest absolute Gasteiger partial charge is 0.219 e. The van der Waals surface area contributed by atoms with Crippen LogP contribution in [-0.2, 0) is 4.57 Å². The third kappa shape index (κ3) is 3.93. The average Bonchev–Trinajstić information content (AvgIpc) is 3.78. The van der Waals surface area contributed by atoms with Gasteiger partial charge in [0.1, 0.15) is 5.75 Å². The van der Waals surface area contributed by atoms with Crippen LogP contribution in [0.5, 0.6) is 11.6 Å². The predicted octanol–water partition coefficient (Wildman–Crippen LogP) is 7.78. The molecule has 4 heterocycles. The maximum Gasteiger partial charge on any atom is 0.219 e. The average molecular weight is 601 g/mol. The molecule has 3 aromatic heterocycles. The van der Waals surface area contributed by atoms with E-state index in [9.17, 15) is 0 Å². The molecule has 8 aromatic rings. The largest absolute Gasteiger partial charge is 0.439 e. The van der Waals surface area contributed by atoms with Crippen LogP contribution in [0.1, 0.15) is 0 Å². The summed E-state index contributed by atoms with van der Waals surface area (Å²) in [5.41, 5.74) is 6.02. The fraction of sp³-hybridized carbons (Fsp3) is 0. The molecule has 0 saturated heterocycles. The molecule has 0 N–H and O–H groups in total. The highest BCUT2D eigenvalue weighted by atomic mass is 31.2. The first kappa shape index (κ1) is 25.8. The molecule has 45 heavy (non-hydrogen) atoms. The van der Waals surface area contributed by atoms with Gasteiger partial charge >= 0.3 is 0 Å². The first-order valence-electron chi connectivity index (χ1n) is 14.8. The molecule has 5 aromatic carbocycles. The quantitative estimate of drug-likeness (QED) is 0.189. The Hall–Kier alpha value is -5.71. The summed E-state index contributed by atoms with van der Waals surface area (Å²) < 4.78 is 25.6. The fourth-order valence-electron chi connectivity index (χ4n) is 6.58. The third-order valence-corrected chi connectivity index (χ3v) is 11.7. The van der Waals surface area contributed by atoms with Gasteiger partial charge in [-0.2, -0.15) is 5.10 Å². The molecule has 0 aliphatic carbocycles. The second-order valence-corrected chi connectivity index (χ2v) is 13.8. The van der Waals surface area contributed by atoms with Crippen molar-refractivity contribution >= 4 is 44.9 Å². The number of ether oxygens (including phenoxy) is 1. The summed E-state index contributed by atoms with van der Waals surface area (Å²) in [6.45, 7) is 0. The Morgan fingerprint density at radius 2 is 1.36 bits per heavy atom. The van der Waals surface area contributed by atoms with Gasteiger partial charge in [0.15, 0.2) is 7.14 Å². The number of hydrogen-bond acceptors (Lipinski definition) is 4. The summed E-state index contributed by atoms with van der Waals surface area (Å²) >= 11 is 0. The van der Waals surface area contributed by atoms with Gasteiger partial charge in [-0.1, -0.05) is 84.9 Å².